The maximum absolute atomic E-state index is 13.0. The van der Waals surface area contributed by atoms with Crippen LogP contribution >= 0.6 is 0 Å². The fraction of sp³-hybridized carbons (Fsp3) is 0.600. The van der Waals surface area contributed by atoms with Crippen LogP contribution in [-0.2, 0) is 0 Å². The minimum Gasteiger partial charge on any atom is -0.399 e. The van der Waals surface area contributed by atoms with Crippen LogP contribution in [0.5, 0.6) is 0 Å². The van der Waals surface area contributed by atoms with Crippen LogP contribution in [-0.4, -0.2) is 17.3 Å². The summed E-state index contributed by atoms with van der Waals surface area (Å²) in [5, 5.41) is 13.5. The summed E-state index contributed by atoms with van der Waals surface area (Å²) in [7, 11) is 0. The van der Waals surface area contributed by atoms with Gasteiger partial charge >= 0.3 is 0 Å². The van der Waals surface area contributed by atoms with Gasteiger partial charge in [0.15, 0.2) is 0 Å². The van der Waals surface area contributed by atoms with Crippen molar-refractivity contribution < 1.29 is 13.9 Å². The molecule has 2 atom stereocenters. The monoisotopic (exact) mass is 284 g/mol. The molecule has 4 N–H and O–H groups in total. The predicted octanol–water partition coefficient (Wildman–Crippen LogP) is 3.56. The first-order valence-electron chi connectivity index (χ1n) is 7.03. The molecule has 1 saturated carbocycles. The molecule has 0 aliphatic heterocycles. The molecular weight excluding hydrogens is 262 g/mol. The van der Waals surface area contributed by atoms with Crippen LogP contribution in [0, 0.1) is 5.92 Å². The molecule has 1 aliphatic carbocycles. The van der Waals surface area contributed by atoms with E-state index in [0.29, 0.717) is 36.7 Å². The Morgan fingerprint density at radius 1 is 1.50 bits per heavy atom. The number of rotatable bonds is 4. The molecule has 0 bridgehead atoms. The lowest BCUT2D eigenvalue weighted by molar-refractivity contribution is -0.000836. The van der Waals surface area contributed by atoms with E-state index >= 15 is 0 Å². The normalized spacial score (nSPS) is 26.8. The van der Waals surface area contributed by atoms with E-state index in [-0.39, 0.29) is 5.56 Å². The van der Waals surface area contributed by atoms with Gasteiger partial charge in [-0.2, -0.15) is 0 Å². The average Bonchev–Trinajstić information content (AvgIpc) is 2.37. The lowest BCUT2D eigenvalue weighted by Gasteiger charge is -2.36. The van der Waals surface area contributed by atoms with E-state index in [1.54, 1.807) is 12.1 Å². The molecule has 20 heavy (non-hydrogen) atoms. The number of halogens is 2. The molecule has 0 aromatic heterocycles. The molecule has 1 aromatic carbocycles. The molecule has 0 saturated heterocycles. The highest BCUT2D eigenvalue weighted by Crippen LogP contribution is 2.34. The van der Waals surface area contributed by atoms with Gasteiger partial charge in [0.05, 0.1) is 5.60 Å². The van der Waals surface area contributed by atoms with E-state index in [4.69, 9.17) is 5.73 Å². The van der Waals surface area contributed by atoms with Crippen molar-refractivity contribution >= 4 is 11.4 Å². The number of alkyl halides is 2. The smallest absolute Gasteiger partial charge is 0.265 e. The highest BCUT2D eigenvalue weighted by Gasteiger charge is 2.32. The van der Waals surface area contributed by atoms with Gasteiger partial charge in [0.25, 0.3) is 6.43 Å². The number of hydrogen-bond donors (Lipinski definition) is 3. The molecule has 5 heteroatoms. The second kappa shape index (κ2) is 5.95. The van der Waals surface area contributed by atoms with Gasteiger partial charge in [0.2, 0.25) is 0 Å². The number of benzene rings is 1. The molecule has 2 unspecified atom stereocenters. The van der Waals surface area contributed by atoms with Gasteiger partial charge in [-0.25, -0.2) is 8.78 Å². The quantitative estimate of drug-likeness (QED) is 0.741. The van der Waals surface area contributed by atoms with E-state index in [1.807, 2.05) is 0 Å². The summed E-state index contributed by atoms with van der Waals surface area (Å²) in [5.41, 5.74) is 5.28. The first kappa shape index (κ1) is 15.0. The standard InChI is InChI=1S/C15H22F2N2O/c1-10-3-2-6-15(20,8-10)9-19-13-5-4-11(18)7-12(13)14(16)17/h4-5,7,10,14,19-20H,2-3,6,8-9,18H2,1H3. The molecule has 1 aliphatic rings. The Kier molecular flexibility index (Phi) is 4.48. The first-order chi connectivity index (χ1) is 9.39. The zero-order valence-electron chi connectivity index (χ0n) is 11.7. The van der Waals surface area contributed by atoms with Crippen LogP contribution in [0.15, 0.2) is 18.2 Å². The Balaban J connectivity index is 2.07. The van der Waals surface area contributed by atoms with Crippen molar-refractivity contribution in [3.8, 4) is 0 Å². The zero-order chi connectivity index (χ0) is 14.8. The summed E-state index contributed by atoms with van der Waals surface area (Å²) in [6.45, 7) is 2.40. The minimum absolute atomic E-state index is 0.113. The maximum atomic E-state index is 13.0. The maximum Gasteiger partial charge on any atom is 0.265 e. The number of anilines is 2. The van der Waals surface area contributed by atoms with Crippen molar-refractivity contribution in [1.82, 2.24) is 0 Å². The summed E-state index contributed by atoms with van der Waals surface area (Å²) in [4.78, 5) is 0. The second-order valence-corrected chi connectivity index (χ2v) is 5.93. The molecule has 0 spiro atoms. The summed E-state index contributed by atoms with van der Waals surface area (Å²) >= 11 is 0. The molecule has 0 radical (unpaired) electrons. The van der Waals surface area contributed by atoms with Gasteiger partial charge in [-0.05, 0) is 37.0 Å². The molecule has 1 fully saturated rings. The molecule has 2 rings (SSSR count). The third-order valence-corrected chi connectivity index (χ3v) is 3.99. The van der Waals surface area contributed by atoms with Crippen molar-refractivity contribution in [2.45, 2.75) is 44.6 Å². The van der Waals surface area contributed by atoms with E-state index < -0.39 is 12.0 Å². The largest absolute Gasteiger partial charge is 0.399 e. The number of nitrogen functional groups attached to an aromatic ring is 1. The number of aliphatic hydroxyl groups is 1. The highest BCUT2D eigenvalue weighted by molar-refractivity contribution is 5.58. The number of nitrogens with one attached hydrogen (secondary N) is 1. The Hall–Kier alpha value is -1.36. The predicted molar refractivity (Wildman–Crippen MR) is 76.9 cm³/mol. The number of hydrogen-bond acceptors (Lipinski definition) is 3. The van der Waals surface area contributed by atoms with Crippen LogP contribution in [0.3, 0.4) is 0 Å². The van der Waals surface area contributed by atoms with Crippen LogP contribution in [0.1, 0.15) is 44.6 Å². The van der Waals surface area contributed by atoms with Gasteiger partial charge in [-0.3, -0.25) is 0 Å². The molecule has 1 aromatic rings. The third-order valence-electron chi connectivity index (χ3n) is 3.99. The van der Waals surface area contributed by atoms with Crippen molar-refractivity contribution in [2.24, 2.45) is 5.92 Å². The Morgan fingerprint density at radius 2 is 2.25 bits per heavy atom. The van der Waals surface area contributed by atoms with Crippen LogP contribution in [0.4, 0.5) is 20.2 Å². The molecular formula is C15H22F2N2O. The van der Waals surface area contributed by atoms with Crippen molar-refractivity contribution in [3.63, 3.8) is 0 Å². The van der Waals surface area contributed by atoms with Crippen LogP contribution in [0.2, 0.25) is 0 Å². The van der Waals surface area contributed by atoms with Gasteiger partial charge in [-0.1, -0.05) is 19.8 Å². The lowest BCUT2D eigenvalue weighted by atomic mass is 9.79. The van der Waals surface area contributed by atoms with Gasteiger partial charge in [0.1, 0.15) is 0 Å². The fourth-order valence-electron chi connectivity index (χ4n) is 2.98. The van der Waals surface area contributed by atoms with E-state index in [9.17, 15) is 13.9 Å². The molecule has 0 amide bonds. The minimum atomic E-state index is -2.58. The van der Waals surface area contributed by atoms with Gasteiger partial charge in [-0.15, -0.1) is 0 Å². The molecule has 3 nitrogen and oxygen atoms in total. The van der Waals surface area contributed by atoms with Gasteiger partial charge in [0, 0.05) is 23.5 Å². The molecule has 112 valence electrons. The van der Waals surface area contributed by atoms with Gasteiger partial charge < -0.3 is 16.2 Å². The Labute approximate surface area is 118 Å². The second-order valence-electron chi connectivity index (χ2n) is 5.93. The SMILES string of the molecule is CC1CCCC(O)(CNc2ccc(N)cc2C(F)F)C1. The van der Waals surface area contributed by atoms with Crippen LogP contribution in [0.25, 0.3) is 0 Å². The van der Waals surface area contributed by atoms with E-state index in [2.05, 4.69) is 12.2 Å². The van der Waals surface area contributed by atoms with Crippen molar-refractivity contribution in [2.75, 3.05) is 17.6 Å². The summed E-state index contributed by atoms with van der Waals surface area (Å²) in [6.07, 6.45) is 0.929. The average molecular weight is 284 g/mol. The van der Waals surface area contributed by atoms with Crippen molar-refractivity contribution in [1.29, 1.82) is 0 Å². The van der Waals surface area contributed by atoms with E-state index in [0.717, 1.165) is 12.8 Å². The Morgan fingerprint density at radius 3 is 2.90 bits per heavy atom. The van der Waals surface area contributed by atoms with E-state index in [1.165, 1.54) is 6.07 Å². The summed E-state index contributed by atoms with van der Waals surface area (Å²) in [5.74, 6) is 0.469. The molecule has 0 heterocycles. The third kappa shape index (κ3) is 3.60. The first-order valence-corrected chi connectivity index (χ1v) is 7.03. The topological polar surface area (TPSA) is 58.3 Å². The summed E-state index contributed by atoms with van der Waals surface area (Å²) in [6, 6.07) is 4.41. The zero-order valence-corrected chi connectivity index (χ0v) is 11.7. The van der Waals surface area contributed by atoms with Crippen LogP contribution < -0.4 is 11.1 Å². The Bertz CT molecular complexity index is 467. The lowest BCUT2D eigenvalue weighted by Crippen LogP contribution is -2.41. The number of nitrogens with two attached hydrogens (primary N) is 1. The van der Waals surface area contributed by atoms with Crippen molar-refractivity contribution in [3.05, 3.63) is 23.8 Å². The highest BCUT2D eigenvalue weighted by atomic mass is 19.3. The fourth-order valence-corrected chi connectivity index (χ4v) is 2.98. The summed E-state index contributed by atoms with van der Waals surface area (Å²) < 4.78 is 25.9.